The van der Waals surface area contributed by atoms with Gasteiger partial charge in [-0.3, -0.25) is 14.5 Å². The van der Waals surface area contributed by atoms with E-state index in [9.17, 15) is 9.59 Å². The number of alkyl halides is 1. The van der Waals surface area contributed by atoms with Crippen LogP contribution in [0, 0.1) is 0 Å². The van der Waals surface area contributed by atoms with Crippen molar-refractivity contribution in [3.63, 3.8) is 0 Å². The van der Waals surface area contributed by atoms with E-state index in [-0.39, 0.29) is 4.48 Å². The Morgan fingerprint density at radius 2 is 1.25 bits per heavy atom. The highest BCUT2D eigenvalue weighted by atomic mass is 79.9. The van der Waals surface area contributed by atoms with Gasteiger partial charge in [0.1, 0.15) is 0 Å². The average molecular weight is 453 g/mol. The van der Waals surface area contributed by atoms with Crippen molar-refractivity contribution in [2.24, 2.45) is 0 Å². The molecule has 0 fully saturated rings. The number of rotatable bonds is 3. The summed E-state index contributed by atoms with van der Waals surface area (Å²) >= 11 is 10.2. The topological polar surface area (TPSA) is 37.4 Å². The van der Waals surface area contributed by atoms with Crippen LogP contribution in [0.4, 0.5) is 5.69 Å². The molecule has 1 aliphatic rings. The van der Waals surface area contributed by atoms with Gasteiger partial charge in [0.2, 0.25) is 10.7 Å². The van der Waals surface area contributed by atoms with E-state index in [0.717, 1.165) is 5.56 Å². The van der Waals surface area contributed by atoms with Gasteiger partial charge in [-0.25, -0.2) is 0 Å². The third kappa shape index (κ3) is 2.89. The van der Waals surface area contributed by atoms with Gasteiger partial charge in [0.25, 0.3) is 5.91 Å². The molecule has 1 heterocycles. The molecule has 28 heavy (non-hydrogen) atoms. The number of allylic oxidation sites excluding steroid dienone is 1. The number of carbonyl (C=O) groups is 2. The van der Waals surface area contributed by atoms with Crippen molar-refractivity contribution >= 4 is 50.6 Å². The number of amides is 1. The summed E-state index contributed by atoms with van der Waals surface area (Å²) in [4.78, 5) is 26.7. The van der Waals surface area contributed by atoms with Crippen LogP contribution in [0.15, 0.2) is 95.5 Å². The second kappa shape index (κ2) is 7.38. The minimum Gasteiger partial charge on any atom is -0.290 e. The molecule has 0 bridgehead atoms. The van der Waals surface area contributed by atoms with Gasteiger partial charge in [0, 0.05) is 5.69 Å². The van der Waals surface area contributed by atoms with E-state index in [1.807, 2.05) is 66.7 Å². The Hall–Kier alpha value is -2.69. The second-order valence-corrected chi connectivity index (χ2v) is 7.72. The minimum atomic E-state index is -1.84. The van der Waals surface area contributed by atoms with Crippen LogP contribution in [-0.2, 0) is 14.5 Å². The normalized spacial score (nSPS) is 19.9. The van der Waals surface area contributed by atoms with E-state index in [1.54, 1.807) is 24.3 Å². The molecule has 0 aromatic heterocycles. The van der Waals surface area contributed by atoms with Gasteiger partial charge in [0.05, 0.1) is 10.2 Å². The molecule has 0 aliphatic carbocycles. The summed E-state index contributed by atoms with van der Waals surface area (Å²) in [5.74, 6) is -0.977. The molecule has 4 rings (SSSR count). The molecule has 3 nitrogen and oxygen atoms in total. The molecule has 5 heteroatoms. The minimum absolute atomic E-state index is 0.265. The average Bonchev–Trinajstić information content (AvgIpc) is 2.76. The highest BCUT2D eigenvalue weighted by molar-refractivity contribution is 9.12. The smallest absolute Gasteiger partial charge is 0.265 e. The quantitative estimate of drug-likeness (QED) is 0.389. The van der Waals surface area contributed by atoms with Crippen molar-refractivity contribution in [2.45, 2.75) is 4.87 Å². The van der Waals surface area contributed by atoms with Crippen molar-refractivity contribution in [2.75, 3.05) is 4.90 Å². The lowest BCUT2D eigenvalue weighted by Crippen LogP contribution is -2.52. The third-order valence-electron chi connectivity index (χ3n) is 4.67. The maximum absolute atomic E-state index is 13.7. The number of hydrogen-bond acceptors (Lipinski definition) is 2. The fraction of sp³-hybridized carbons (Fsp3) is 0.0435. The fourth-order valence-corrected chi connectivity index (χ4v) is 4.43. The van der Waals surface area contributed by atoms with Crippen molar-refractivity contribution in [3.8, 4) is 0 Å². The summed E-state index contributed by atoms with van der Waals surface area (Å²) in [6.07, 6.45) is 0. The Bertz CT molecular complexity index is 1070. The van der Waals surface area contributed by atoms with Gasteiger partial charge in [-0.1, -0.05) is 90.5 Å². The van der Waals surface area contributed by atoms with E-state index in [2.05, 4.69) is 15.9 Å². The zero-order chi connectivity index (χ0) is 19.7. The third-order valence-corrected chi connectivity index (χ3v) is 5.96. The van der Waals surface area contributed by atoms with Crippen LogP contribution in [0.25, 0.3) is 5.70 Å². The predicted octanol–water partition coefficient (Wildman–Crippen LogP) is 5.50. The van der Waals surface area contributed by atoms with Gasteiger partial charge < -0.3 is 0 Å². The molecule has 0 saturated carbocycles. The lowest BCUT2D eigenvalue weighted by Gasteiger charge is -2.38. The summed E-state index contributed by atoms with van der Waals surface area (Å²) in [6, 6.07) is 27.2. The van der Waals surface area contributed by atoms with Crippen LogP contribution >= 0.6 is 27.5 Å². The van der Waals surface area contributed by atoms with Gasteiger partial charge >= 0.3 is 0 Å². The highest BCUT2D eigenvalue weighted by Crippen LogP contribution is 2.46. The Labute approximate surface area is 176 Å². The molecule has 3 aromatic rings. The van der Waals surface area contributed by atoms with Gasteiger partial charge in [0.15, 0.2) is 0 Å². The highest BCUT2D eigenvalue weighted by Gasteiger charge is 2.54. The molecular weight excluding hydrogens is 438 g/mol. The first-order chi connectivity index (χ1) is 13.5. The Morgan fingerprint density at radius 1 is 0.750 bits per heavy atom. The van der Waals surface area contributed by atoms with Crippen LogP contribution in [0.3, 0.4) is 0 Å². The Kier molecular flexibility index (Phi) is 4.92. The van der Waals surface area contributed by atoms with E-state index in [4.69, 9.17) is 11.6 Å². The van der Waals surface area contributed by atoms with Crippen molar-refractivity contribution in [1.82, 2.24) is 0 Å². The number of halogens is 2. The molecule has 1 atom stereocenters. The zero-order valence-electron chi connectivity index (χ0n) is 14.7. The molecular formula is C23H15BrClNO2. The number of benzene rings is 3. The lowest BCUT2D eigenvalue weighted by atomic mass is 9.87. The molecule has 1 amide bonds. The SMILES string of the molecule is O=C1C(Br)=C(c2ccccc2)N(c2ccccc2)C(=O)C1(Cl)c1ccccc1. The first kappa shape index (κ1) is 18.7. The molecule has 0 saturated heterocycles. The van der Waals surface area contributed by atoms with E-state index in [1.165, 1.54) is 4.90 Å². The number of hydrogen-bond donors (Lipinski definition) is 0. The van der Waals surface area contributed by atoms with Crippen LogP contribution < -0.4 is 4.90 Å². The monoisotopic (exact) mass is 451 g/mol. The Balaban J connectivity index is 2.00. The summed E-state index contributed by atoms with van der Waals surface area (Å²) in [5.41, 5.74) is 2.30. The van der Waals surface area contributed by atoms with Gasteiger partial charge in [-0.2, -0.15) is 0 Å². The van der Waals surface area contributed by atoms with Crippen molar-refractivity contribution in [3.05, 3.63) is 107 Å². The van der Waals surface area contributed by atoms with Crippen molar-refractivity contribution < 1.29 is 9.59 Å². The van der Waals surface area contributed by atoms with Crippen LogP contribution in [0.5, 0.6) is 0 Å². The van der Waals surface area contributed by atoms with E-state index < -0.39 is 16.6 Å². The molecule has 3 aromatic carbocycles. The number of carbonyl (C=O) groups excluding carboxylic acids is 2. The molecule has 0 radical (unpaired) electrons. The maximum Gasteiger partial charge on any atom is 0.265 e. The summed E-state index contributed by atoms with van der Waals surface area (Å²) in [7, 11) is 0. The fourth-order valence-electron chi connectivity index (χ4n) is 3.31. The molecule has 138 valence electrons. The largest absolute Gasteiger partial charge is 0.290 e. The molecule has 0 N–H and O–H groups in total. The summed E-state index contributed by atoms with van der Waals surface area (Å²) in [6.45, 7) is 0. The zero-order valence-corrected chi connectivity index (χ0v) is 17.0. The van der Waals surface area contributed by atoms with Gasteiger partial charge in [-0.15, -0.1) is 0 Å². The molecule has 1 aliphatic heterocycles. The standard InChI is InChI=1S/C23H15BrClNO2/c24-19-20(16-10-4-1-5-11-16)26(18-14-8-3-9-15-18)22(28)23(25,21(19)27)17-12-6-2-7-13-17/h1-15H. The number of anilines is 1. The Morgan fingerprint density at radius 3 is 1.82 bits per heavy atom. The number of Topliss-reactive ketones (excluding diaryl/α,β-unsaturated/α-hetero) is 1. The molecule has 1 unspecified atom stereocenters. The summed E-state index contributed by atoms with van der Waals surface area (Å²) in [5, 5.41) is 0. The first-order valence-corrected chi connectivity index (χ1v) is 9.86. The number of ketones is 1. The predicted molar refractivity (Wildman–Crippen MR) is 115 cm³/mol. The second-order valence-electron chi connectivity index (χ2n) is 6.36. The van der Waals surface area contributed by atoms with Gasteiger partial charge in [-0.05, 0) is 39.2 Å². The lowest BCUT2D eigenvalue weighted by molar-refractivity contribution is -0.128. The first-order valence-electron chi connectivity index (χ1n) is 8.69. The summed E-state index contributed by atoms with van der Waals surface area (Å²) < 4.78 is 0.265. The van der Waals surface area contributed by atoms with Crippen LogP contribution in [0.2, 0.25) is 0 Å². The van der Waals surface area contributed by atoms with Crippen molar-refractivity contribution in [1.29, 1.82) is 0 Å². The molecule has 0 spiro atoms. The maximum atomic E-state index is 13.7. The van der Waals surface area contributed by atoms with Crippen LogP contribution in [0.1, 0.15) is 11.1 Å². The van der Waals surface area contributed by atoms with E-state index in [0.29, 0.717) is 16.9 Å². The number of para-hydroxylation sites is 1. The van der Waals surface area contributed by atoms with E-state index >= 15 is 0 Å². The van der Waals surface area contributed by atoms with Crippen LogP contribution in [-0.4, -0.2) is 11.7 Å². The number of nitrogens with zero attached hydrogens (tertiary/aromatic N) is 1.